The van der Waals surface area contributed by atoms with Crippen LogP contribution in [0.15, 0.2) is 43.1 Å². The first kappa shape index (κ1) is 18.6. The minimum Gasteiger partial charge on any atom is -0.333 e. The SMILES string of the molecule is CC(C)N(C(=O)c1ccc(Cn2cnc3ncnc-3c2)cc1)C1CCCCC1. The number of amides is 1. The van der Waals surface area contributed by atoms with Crippen molar-refractivity contribution in [1.29, 1.82) is 0 Å². The van der Waals surface area contributed by atoms with Crippen molar-refractivity contribution in [3.63, 3.8) is 0 Å². The molecule has 2 heterocycles. The zero-order chi connectivity index (χ0) is 19.5. The fraction of sp³-hybridized carbons (Fsp3) is 0.455. The van der Waals surface area contributed by atoms with Crippen LogP contribution in [0.4, 0.5) is 0 Å². The van der Waals surface area contributed by atoms with Gasteiger partial charge in [0, 0.05) is 30.4 Å². The molecule has 0 radical (unpaired) electrons. The number of carbonyl (C=O) groups is 1. The molecule has 0 saturated heterocycles. The van der Waals surface area contributed by atoms with Gasteiger partial charge in [-0.1, -0.05) is 31.4 Å². The minimum absolute atomic E-state index is 0.149. The number of carbonyl (C=O) groups excluding carboxylic acids is 1. The maximum Gasteiger partial charge on any atom is 0.254 e. The Morgan fingerprint density at radius 2 is 1.86 bits per heavy atom. The third-order valence-corrected chi connectivity index (χ3v) is 5.55. The smallest absolute Gasteiger partial charge is 0.254 e. The van der Waals surface area contributed by atoms with Crippen LogP contribution in [0.25, 0.3) is 11.5 Å². The molecule has 0 spiro atoms. The van der Waals surface area contributed by atoms with Crippen molar-refractivity contribution in [2.45, 2.75) is 64.6 Å². The molecule has 0 N–H and O–H groups in total. The van der Waals surface area contributed by atoms with Crippen LogP contribution in [-0.2, 0) is 6.54 Å². The van der Waals surface area contributed by atoms with E-state index in [1.54, 1.807) is 6.33 Å². The molecule has 2 aliphatic heterocycles. The summed E-state index contributed by atoms with van der Waals surface area (Å²) in [6.45, 7) is 4.92. The first-order valence-corrected chi connectivity index (χ1v) is 10.2. The normalized spacial score (nSPS) is 15.2. The first-order chi connectivity index (χ1) is 13.6. The standard InChI is InChI=1S/C22H27N5O/c1-16(2)27(19-6-4-3-5-7-19)22(28)18-10-8-17(9-11-18)12-26-13-20-21(25-15-26)24-14-23-20/h8-11,13-16,19H,3-7,12H2,1-2H3. The molecule has 1 aliphatic carbocycles. The predicted octanol–water partition coefficient (Wildman–Crippen LogP) is 4.01. The van der Waals surface area contributed by atoms with Crippen LogP contribution in [0.1, 0.15) is 61.9 Å². The van der Waals surface area contributed by atoms with E-state index in [2.05, 4.69) is 33.7 Å². The second-order valence-electron chi connectivity index (χ2n) is 7.92. The number of imidazole rings is 1. The lowest BCUT2D eigenvalue weighted by Crippen LogP contribution is -2.45. The molecule has 1 aromatic rings. The highest BCUT2D eigenvalue weighted by molar-refractivity contribution is 5.94. The quantitative estimate of drug-likeness (QED) is 0.674. The Kier molecular flexibility index (Phi) is 5.37. The molecular weight excluding hydrogens is 350 g/mol. The van der Waals surface area contributed by atoms with Crippen molar-refractivity contribution >= 4 is 5.91 Å². The van der Waals surface area contributed by atoms with Crippen LogP contribution in [-0.4, -0.2) is 42.4 Å². The Balaban J connectivity index is 1.48. The summed E-state index contributed by atoms with van der Waals surface area (Å²) in [6, 6.07) is 8.55. The lowest BCUT2D eigenvalue weighted by atomic mass is 9.92. The Bertz CT molecular complexity index is 895. The van der Waals surface area contributed by atoms with Gasteiger partial charge in [0.15, 0.2) is 5.82 Å². The van der Waals surface area contributed by atoms with E-state index in [1.807, 2.05) is 35.0 Å². The van der Waals surface area contributed by atoms with Crippen molar-refractivity contribution in [2.24, 2.45) is 0 Å². The molecule has 0 atom stereocenters. The van der Waals surface area contributed by atoms with Gasteiger partial charge in [-0.3, -0.25) is 4.79 Å². The minimum atomic E-state index is 0.149. The second-order valence-corrected chi connectivity index (χ2v) is 7.92. The number of nitrogens with zero attached hydrogens (tertiary/aromatic N) is 5. The van der Waals surface area contributed by atoms with Crippen LogP contribution in [0.5, 0.6) is 0 Å². The number of benzene rings is 1. The average molecular weight is 377 g/mol. The highest BCUT2D eigenvalue weighted by Gasteiger charge is 2.28. The van der Waals surface area contributed by atoms with E-state index in [4.69, 9.17) is 0 Å². The molecule has 3 aliphatic rings. The Hall–Kier alpha value is -2.76. The van der Waals surface area contributed by atoms with E-state index in [-0.39, 0.29) is 11.9 Å². The highest BCUT2D eigenvalue weighted by Crippen LogP contribution is 2.26. The Morgan fingerprint density at radius 3 is 2.57 bits per heavy atom. The predicted molar refractivity (Wildman–Crippen MR) is 108 cm³/mol. The van der Waals surface area contributed by atoms with Crippen LogP contribution in [0, 0.1) is 0 Å². The average Bonchev–Trinajstić information content (AvgIpc) is 3.17. The van der Waals surface area contributed by atoms with Gasteiger partial charge >= 0.3 is 0 Å². The number of rotatable bonds is 5. The van der Waals surface area contributed by atoms with E-state index in [1.165, 1.54) is 25.6 Å². The molecule has 4 rings (SSSR count). The highest BCUT2D eigenvalue weighted by atomic mass is 16.2. The topological polar surface area (TPSA) is 63.9 Å². The van der Waals surface area contributed by atoms with E-state index in [0.717, 1.165) is 29.7 Å². The van der Waals surface area contributed by atoms with Crippen LogP contribution in [0.3, 0.4) is 0 Å². The molecule has 0 aromatic heterocycles. The lowest BCUT2D eigenvalue weighted by molar-refractivity contribution is 0.0555. The fourth-order valence-electron chi connectivity index (χ4n) is 4.16. The van der Waals surface area contributed by atoms with Crippen molar-refractivity contribution in [3.8, 4) is 11.5 Å². The summed E-state index contributed by atoms with van der Waals surface area (Å²) in [5, 5.41) is 0. The van der Waals surface area contributed by atoms with Crippen molar-refractivity contribution in [2.75, 3.05) is 0 Å². The molecule has 146 valence electrons. The third-order valence-electron chi connectivity index (χ3n) is 5.55. The number of hydrogen-bond acceptors (Lipinski definition) is 4. The van der Waals surface area contributed by atoms with Gasteiger partial charge in [0.25, 0.3) is 5.91 Å². The van der Waals surface area contributed by atoms with Gasteiger partial charge in [0.05, 0.1) is 6.33 Å². The number of fused-ring (bicyclic) bond motifs is 1. The molecule has 1 amide bonds. The number of aromatic nitrogens is 4. The van der Waals surface area contributed by atoms with Crippen molar-refractivity contribution in [3.05, 3.63) is 54.2 Å². The van der Waals surface area contributed by atoms with Gasteiger partial charge in [-0.2, -0.15) is 0 Å². The maximum absolute atomic E-state index is 13.2. The van der Waals surface area contributed by atoms with E-state index >= 15 is 0 Å². The molecule has 1 saturated carbocycles. The van der Waals surface area contributed by atoms with E-state index in [0.29, 0.717) is 18.4 Å². The maximum atomic E-state index is 13.2. The molecule has 1 aromatic carbocycles. The monoisotopic (exact) mass is 377 g/mol. The second kappa shape index (κ2) is 8.09. The van der Waals surface area contributed by atoms with Gasteiger partial charge < -0.3 is 9.47 Å². The van der Waals surface area contributed by atoms with Gasteiger partial charge in [-0.25, -0.2) is 15.0 Å². The number of hydrogen-bond donors (Lipinski definition) is 0. The summed E-state index contributed by atoms with van der Waals surface area (Å²) in [5.74, 6) is 0.810. The molecule has 6 heteroatoms. The summed E-state index contributed by atoms with van der Waals surface area (Å²) in [5.41, 5.74) is 2.67. The van der Waals surface area contributed by atoms with E-state index < -0.39 is 0 Å². The molecule has 0 bridgehead atoms. The Labute approximate surface area is 166 Å². The summed E-state index contributed by atoms with van der Waals surface area (Å²) in [7, 11) is 0. The summed E-state index contributed by atoms with van der Waals surface area (Å²) in [6.07, 6.45) is 11.2. The largest absolute Gasteiger partial charge is 0.333 e. The first-order valence-electron chi connectivity index (χ1n) is 10.2. The van der Waals surface area contributed by atoms with Gasteiger partial charge in [-0.05, 0) is 44.4 Å². The Morgan fingerprint density at radius 1 is 1.11 bits per heavy atom. The van der Waals surface area contributed by atoms with E-state index in [9.17, 15) is 4.79 Å². The molecule has 6 nitrogen and oxygen atoms in total. The van der Waals surface area contributed by atoms with Crippen LogP contribution >= 0.6 is 0 Å². The molecule has 28 heavy (non-hydrogen) atoms. The summed E-state index contributed by atoms with van der Waals surface area (Å²) < 4.78 is 1.98. The van der Waals surface area contributed by atoms with Gasteiger partial charge in [0.2, 0.25) is 0 Å². The molecule has 1 fully saturated rings. The molecular formula is C22H27N5O. The zero-order valence-corrected chi connectivity index (χ0v) is 16.6. The molecule has 0 unspecified atom stereocenters. The van der Waals surface area contributed by atoms with Crippen LogP contribution in [0.2, 0.25) is 0 Å². The van der Waals surface area contributed by atoms with Gasteiger partial charge in [0.1, 0.15) is 12.0 Å². The van der Waals surface area contributed by atoms with Crippen molar-refractivity contribution in [1.82, 2.24) is 24.4 Å². The van der Waals surface area contributed by atoms with Crippen LogP contribution < -0.4 is 0 Å². The summed E-state index contributed by atoms with van der Waals surface area (Å²) >= 11 is 0. The third kappa shape index (κ3) is 3.91. The fourth-order valence-corrected chi connectivity index (χ4v) is 4.16. The van der Waals surface area contributed by atoms with Gasteiger partial charge in [-0.15, -0.1) is 0 Å². The van der Waals surface area contributed by atoms with Crippen molar-refractivity contribution < 1.29 is 4.79 Å². The zero-order valence-electron chi connectivity index (χ0n) is 16.6. The lowest BCUT2D eigenvalue weighted by Gasteiger charge is -2.37. The summed E-state index contributed by atoms with van der Waals surface area (Å²) in [4.78, 5) is 27.8.